The summed E-state index contributed by atoms with van der Waals surface area (Å²) in [4.78, 5) is 0. The highest BCUT2D eigenvalue weighted by Crippen LogP contribution is 2.19. The number of ether oxygens (including phenoxy) is 1. The minimum Gasteiger partial charge on any atom is -0.497 e. The predicted molar refractivity (Wildman–Crippen MR) is 79.3 cm³/mol. The lowest BCUT2D eigenvalue weighted by Gasteiger charge is -2.27. The van der Waals surface area contributed by atoms with E-state index in [0.29, 0.717) is 13.1 Å². The Morgan fingerprint density at radius 1 is 1.45 bits per heavy atom. The fourth-order valence-electron chi connectivity index (χ4n) is 2.45. The lowest BCUT2D eigenvalue weighted by atomic mass is 10.2. The van der Waals surface area contributed by atoms with Crippen LogP contribution in [-0.4, -0.2) is 45.2 Å². The molecule has 2 rings (SSSR count). The molecule has 1 heterocycles. The Morgan fingerprint density at radius 2 is 2.25 bits per heavy atom. The van der Waals surface area contributed by atoms with Crippen LogP contribution in [0, 0.1) is 0 Å². The van der Waals surface area contributed by atoms with Crippen molar-refractivity contribution in [3.8, 4) is 5.75 Å². The van der Waals surface area contributed by atoms with Gasteiger partial charge in [0.2, 0.25) is 10.0 Å². The summed E-state index contributed by atoms with van der Waals surface area (Å²) in [7, 11) is -0.00308. The van der Waals surface area contributed by atoms with E-state index in [4.69, 9.17) is 4.74 Å². The molecular weight excluding hydrogens is 276 g/mol. The van der Waals surface area contributed by atoms with Crippen molar-refractivity contribution >= 4 is 10.0 Å². The number of piperidine rings is 1. The number of rotatable bonds is 5. The van der Waals surface area contributed by atoms with E-state index in [1.54, 1.807) is 14.2 Å². The van der Waals surface area contributed by atoms with Gasteiger partial charge < -0.3 is 10.1 Å². The van der Waals surface area contributed by atoms with Gasteiger partial charge in [-0.3, -0.25) is 0 Å². The van der Waals surface area contributed by atoms with Gasteiger partial charge in [0, 0.05) is 20.1 Å². The summed E-state index contributed by atoms with van der Waals surface area (Å²) in [6, 6.07) is 7.50. The van der Waals surface area contributed by atoms with E-state index in [0.717, 1.165) is 30.7 Å². The molecule has 0 saturated carbocycles. The molecule has 1 unspecified atom stereocenters. The van der Waals surface area contributed by atoms with Gasteiger partial charge in [-0.15, -0.1) is 0 Å². The SMILES string of the molecule is COc1cccc(CN(C)S(=O)(=O)C2CCCNC2)c1. The van der Waals surface area contributed by atoms with E-state index in [-0.39, 0.29) is 5.25 Å². The molecule has 20 heavy (non-hydrogen) atoms. The Bertz CT molecular complexity index is 539. The second-order valence-corrected chi connectivity index (χ2v) is 7.44. The van der Waals surface area contributed by atoms with Gasteiger partial charge in [0.15, 0.2) is 0 Å². The molecule has 1 N–H and O–H groups in total. The van der Waals surface area contributed by atoms with Gasteiger partial charge in [0.25, 0.3) is 0 Å². The zero-order valence-corrected chi connectivity index (χ0v) is 12.8. The Hall–Kier alpha value is -1.11. The highest BCUT2D eigenvalue weighted by molar-refractivity contribution is 7.89. The maximum atomic E-state index is 12.5. The molecule has 1 atom stereocenters. The topological polar surface area (TPSA) is 58.6 Å². The highest BCUT2D eigenvalue weighted by atomic mass is 32.2. The summed E-state index contributed by atoms with van der Waals surface area (Å²) in [5.41, 5.74) is 0.930. The summed E-state index contributed by atoms with van der Waals surface area (Å²) < 4.78 is 31.6. The van der Waals surface area contributed by atoms with Crippen molar-refractivity contribution in [1.29, 1.82) is 0 Å². The summed E-state index contributed by atoms with van der Waals surface area (Å²) in [6.45, 7) is 1.83. The lowest BCUT2D eigenvalue weighted by molar-refractivity contribution is 0.410. The molecular formula is C14H22N2O3S. The van der Waals surface area contributed by atoms with Crippen molar-refractivity contribution in [1.82, 2.24) is 9.62 Å². The molecule has 0 amide bonds. The number of nitrogens with zero attached hydrogens (tertiary/aromatic N) is 1. The van der Waals surface area contributed by atoms with Gasteiger partial charge in [-0.1, -0.05) is 12.1 Å². The molecule has 0 bridgehead atoms. The molecule has 1 aliphatic heterocycles. The van der Waals surface area contributed by atoms with Crippen LogP contribution in [0.5, 0.6) is 5.75 Å². The number of sulfonamides is 1. The average molecular weight is 298 g/mol. The lowest BCUT2D eigenvalue weighted by Crippen LogP contribution is -2.44. The van der Waals surface area contributed by atoms with Gasteiger partial charge >= 0.3 is 0 Å². The Balaban J connectivity index is 2.07. The Kier molecular flexibility index (Phi) is 5.01. The predicted octanol–water partition coefficient (Wildman–Crippen LogP) is 1.21. The normalized spacial score (nSPS) is 20.1. The van der Waals surface area contributed by atoms with Crippen molar-refractivity contribution in [2.75, 3.05) is 27.2 Å². The van der Waals surface area contributed by atoms with E-state index >= 15 is 0 Å². The third kappa shape index (κ3) is 3.50. The van der Waals surface area contributed by atoms with Crippen molar-refractivity contribution in [2.45, 2.75) is 24.6 Å². The standard InChI is InChI=1S/C14H22N2O3S/c1-16(11-12-5-3-6-13(9-12)19-2)20(17,18)14-7-4-8-15-10-14/h3,5-6,9,14-15H,4,7-8,10-11H2,1-2H3. The van der Waals surface area contributed by atoms with Crippen LogP contribution < -0.4 is 10.1 Å². The number of hydrogen-bond donors (Lipinski definition) is 1. The molecule has 0 radical (unpaired) electrons. The van der Waals surface area contributed by atoms with Crippen molar-refractivity contribution in [3.63, 3.8) is 0 Å². The number of benzene rings is 1. The van der Waals surface area contributed by atoms with Crippen molar-refractivity contribution < 1.29 is 13.2 Å². The molecule has 1 aromatic carbocycles. The van der Waals surface area contributed by atoms with E-state index < -0.39 is 10.0 Å². The fraction of sp³-hybridized carbons (Fsp3) is 0.571. The van der Waals surface area contributed by atoms with Gasteiger partial charge in [-0.2, -0.15) is 0 Å². The Labute approximate surface area is 121 Å². The smallest absolute Gasteiger partial charge is 0.218 e. The first kappa shape index (κ1) is 15.3. The first-order valence-electron chi connectivity index (χ1n) is 6.83. The monoisotopic (exact) mass is 298 g/mol. The molecule has 1 saturated heterocycles. The van der Waals surface area contributed by atoms with Gasteiger partial charge in [-0.05, 0) is 37.1 Å². The van der Waals surface area contributed by atoms with Crippen LogP contribution in [0.25, 0.3) is 0 Å². The van der Waals surface area contributed by atoms with Gasteiger partial charge in [-0.25, -0.2) is 12.7 Å². The first-order valence-corrected chi connectivity index (χ1v) is 8.33. The summed E-state index contributed by atoms with van der Waals surface area (Å²) >= 11 is 0. The maximum absolute atomic E-state index is 12.5. The second kappa shape index (κ2) is 6.56. The molecule has 5 nitrogen and oxygen atoms in total. The third-order valence-corrected chi connectivity index (χ3v) is 5.89. The van der Waals surface area contributed by atoms with E-state index in [9.17, 15) is 8.42 Å². The minimum atomic E-state index is -3.25. The largest absolute Gasteiger partial charge is 0.497 e. The maximum Gasteiger partial charge on any atom is 0.218 e. The van der Waals surface area contributed by atoms with Crippen LogP contribution in [-0.2, 0) is 16.6 Å². The first-order chi connectivity index (χ1) is 9.54. The van der Waals surface area contributed by atoms with E-state index in [1.165, 1.54) is 4.31 Å². The van der Waals surface area contributed by atoms with Crippen LogP contribution in [0.4, 0.5) is 0 Å². The molecule has 0 aromatic heterocycles. The molecule has 112 valence electrons. The second-order valence-electron chi connectivity index (χ2n) is 5.12. The fourth-order valence-corrected chi connectivity index (χ4v) is 4.08. The van der Waals surface area contributed by atoms with Crippen LogP contribution in [0.15, 0.2) is 24.3 Å². The zero-order chi connectivity index (χ0) is 14.6. The molecule has 6 heteroatoms. The molecule has 0 spiro atoms. The number of nitrogens with one attached hydrogen (secondary N) is 1. The minimum absolute atomic E-state index is 0.313. The third-order valence-electron chi connectivity index (χ3n) is 3.65. The van der Waals surface area contributed by atoms with Crippen LogP contribution >= 0.6 is 0 Å². The summed E-state index contributed by atoms with van der Waals surface area (Å²) in [5.74, 6) is 0.743. The van der Waals surface area contributed by atoms with Crippen LogP contribution in [0.1, 0.15) is 18.4 Å². The van der Waals surface area contributed by atoms with E-state index in [2.05, 4.69) is 5.32 Å². The van der Waals surface area contributed by atoms with Gasteiger partial charge in [0.05, 0.1) is 12.4 Å². The quantitative estimate of drug-likeness (QED) is 0.887. The molecule has 1 aliphatic rings. The molecule has 1 fully saturated rings. The van der Waals surface area contributed by atoms with E-state index in [1.807, 2.05) is 24.3 Å². The zero-order valence-electron chi connectivity index (χ0n) is 12.0. The van der Waals surface area contributed by atoms with Crippen molar-refractivity contribution in [3.05, 3.63) is 29.8 Å². The van der Waals surface area contributed by atoms with Crippen LogP contribution in [0.3, 0.4) is 0 Å². The summed E-state index contributed by atoms with van der Waals surface area (Å²) in [6.07, 6.45) is 1.65. The summed E-state index contributed by atoms with van der Waals surface area (Å²) in [5, 5.41) is 2.84. The molecule has 1 aromatic rings. The van der Waals surface area contributed by atoms with Crippen molar-refractivity contribution in [2.24, 2.45) is 0 Å². The molecule has 0 aliphatic carbocycles. The number of methoxy groups -OCH3 is 1. The average Bonchev–Trinajstić information content (AvgIpc) is 2.48. The highest BCUT2D eigenvalue weighted by Gasteiger charge is 2.30. The van der Waals surface area contributed by atoms with Gasteiger partial charge in [0.1, 0.15) is 5.75 Å². The number of hydrogen-bond acceptors (Lipinski definition) is 4. The Morgan fingerprint density at radius 3 is 2.90 bits per heavy atom. The van der Waals surface area contributed by atoms with Crippen LogP contribution in [0.2, 0.25) is 0 Å².